The van der Waals surface area contributed by atoms with Crippen molar-refractivity contribution in [2.75, 3.05) is 0 Å². The van der Waals surface area contributed by atoms with E-state index in [1.54, 1.807) is 24.5 Å². The zero-order valence-electron chi connectivity index (χ0n) is 7.83. The van der Waals surface area contributed by atoms with Crippen LogP contribution < -0.4 is 4.74 Å². The second-order valence-electron chi connectivity index (χ2n) is 2.81. The van der Waals surface area contributed by atoms with Crippen LogP contribution in [0.25, 0.3) is 11.4 Å². The summed E-state index contributed by atoms with van der Waals surface area (Å²) in [7, 11) is 0. The second kappa shape index (κ2) is 4.32. The topological polar surface area (TPSA) is 52.1 Å². The third-order valence-corrected chi connectivity index (χ3v) is 1.84. The number of aromatic nitrogens is 2. The molecule has 0 unspecified atom stereocenters. The second-order valence-corrected chi connectivity index (χ2v) is 2.81. The molecule has 2 aromatic rings. The summed E-state index contributed by atoms with van der Waals surface area (Å²) in [5, 5.41) is 0. The fourth-order valence-corrected chi connectivity index (χ4v) is 1.19. The molecule has 2 rings (SSSR count). The lowest BCUT2D eigenvalue weighted by Gasteiger charge is -2.01. The molecule has 0 spiro atoms. The van der Waals surface area contributed by atoms with E-state index in [1.807, 2.05) is 18.2 Å². The summed E-state index contributed by atoms with van der Waals surface area (Å²) in [5.41, 5.74) is 1.42. The molecule has 2 heterocycles. The van der Waals surface area contributed by atoms with E-state index in [9.17, 15) is 4.79 Å². The average molecular weight is 200 g/mol. The number of hydrogen-bond donors (Lipinski definition) is 0. The molecule has 0 aromatic carbocycles. The number of carbonyl (C=O) groups excluding carboxylic acids is 1. The van der Waals surface area contributed by atoms with Crippen molar-refractivity contribution in [2.24, 2.45) is 0 Å². The lowest BCUT2D eigenvalue weighted by atomic mass is 10.2. The lowest BCUT2D eigenvalue weighted by Crippen LogP contribution is -1.91. The Kier molecular flexibility index (Phi) is 2.69. The third kappa shape index (κ3) is 2.17. The Morgan fingerprint density at radius 1 is 1.07 bits per heavy atom. The minimum atomic E-state index is 0.386. The Bertz CT molecular complexity index is 457. The molecule has 15 heavy (non-hydrogen) atoms. The Hall–Kier alpha value is -2.23. The molecular formula is C11H8N2O2. The first-order chi connectivity index (χ1) is 7.40. The molecule has 0 atom stereocenters. The predicted molar refractivity (Wildman–Crippen MR) is 54.2 cm³/mol. The third-order valence-electron chi connectivity index (χ3n) is 1.84. The fourth-order valence-electron chi connectivity index (χ4n) is 1.19. The van der Waals surface area contributed by atoms with Crippen molar-refractivity contribution >= 4 is 6.47 Å². The highest BCUT2D eigenvalue weighted by Crippen LogP contribution is 2.18. The lowest BCUT2D eigenvalue weighted by molar-refractivity contribution is -0.120. The van der Waals surface area contributed by atoms with E-state index in [4.69, 9.17) is 4.74 Å². The van der Waals surface area contributed by atoms with Crippen molar-refractivity contribution in [3.8, 4) is 17.1 Å². The fraction of sp³-hybridized carbons (Fsp3) is 0. The van der Waals surface area contributed by atoms with E-state index in [1.165, 1.54) is 0 Å². The Morgan fingerprint density at radius 2 is 1.93 bits per heavy atom. The summed E-state index contributed by atoms with van der Waals surface area (Å²) >= 11 is 0. The van der Waals surface area contributed by atoms with Gasteiger partial charge < -0.3 is 4.74 Å². The van der Waals surface area contributed by atoms with Gasteiger partial charge in [-0.2, -0.15) is 0 Å². The number of ether oxygens (including phenoxy) is 1. The summed E-state index contributed by atoms with van der Waals surface area (Å²) in [6.45, 7) is 0.386. The van der Waals surface area contributed by atoms with Crippen LogP contribution >= 0.6 is 0 Å². The molecule has 4 heteroatoms. The molecule has 74 valence electrons. The SMILES string of the molecule is O=COc1ccnc(-c2ccccn2)c1. The number of carbonyl (C=O) groups is 1. The van der Waals surface area contributed by atoms with Crippen molar-refractivity contribution in [3.05, 3.63) is 42.7 Å². The maximum Gasteiger partial charge on any atom is 0.298 e. The van der Waals surface area contributed by atoms with Crippen molar-refractivity contribution in [2.45, 2.75) is 0 Å². The normalized spacial score (nSPS) is 9.60. The van der Waals surface area contributed by atoms with Crippen LogP contribution in [0.5, 0.6) is 5.75 Å². The van der Waals surface area contributed by atoms with Gasteiger partial charge in [0.05, 0.1) is 11.4 Å². The summed E-state index contributed by atoms with van der Waals surface area (Å²) in [4.78, 5) is 18.4. The summed E-state index contributed by atoms with van der Waals surface area (Å²) in [6.07, 6.45) is 3.26. The largest absolute Gasteiger partial charge is 0.429 e. The quantitative estimate of drug-likeness (QED) is 0.707. The zero-order valence-corrected chi connectivity index (χ0v) is 7.83. The van der Waals surface area contributed by atoms with Gasteiger partial charge in [0, 0.05) is 18.5 Å². The number of rotatable bonds is 3. The van der Waals surface area contributed by atoms with Crippen molar-refractivity contribution < 1.29 is 9.53 Å². The van der Waals surface area contributed by atoms with Crippen molar-refractivity contribution in [1.82, 2.24) is 9.97 Å². The van der Waals surface area contributed by atoms with Crippen LogP contribution in [0.2, 0.25) is 0 Å². The van der Waals surface area contributed by atoms with Gasteiger partial charge in [0.15, 0.2) is 0 Å². The molecule has 0 saturated carbocycles. The van der Waals surface area contributed by atoms with Crippen molar-refractivity contribution in [1.29, 1.82) is 0 Å². The average Bonchev–Trinajstić information content (AvgIpc) is 2.31. The maximum absolute atomic E-state index is 10.2. The standard InChI is InChI=1S/C11H8N2O2/c14-8-15-9-4-6-13-11(7-9)10-3-1-2-5-12-10/h1-8H. The molecule has 0 radical (unpaired) electrons. The first-order valence-electron chi connectivity index (χ1n) is 4.38. The number of hydrogen-bond acceptors (Lipinski definition) is 4. The van der Waals surface area contributed by atoms with Crippen LogP contribution in [0.1, 0.15) is 0 Å². The highest BCUT2D eigenvalue weighted by molar-refractivity contribution is 5.57. The summed E-state index contributed by atoms with van der Waals surface area (Å²) in [6, 6.07) is 8.82. The molecule has 0 amide bonds. The van der Waals surface area contributed by atoms with Gasteiger partial charge in [-0.15, -0.1) is 0 Å². The van der Waals surface area contributed by atoms with E-state index in [0.717, 1.165) is 5.69 Å². The van der Waals surface area contributed by atoms with E-state index in [0.29, 0.717) is 17.9 Å². The highest BCUT2D eigenvalue weighted by Gasteiger charge is 2.01. The molecule has 0 saturated heterocycles. The number of pyridine rings is 2. The van der Waals surface area contributed by atoms with Gasteiger partial charge in [0.2, 0.25) is 0 Å². The number of nitrogens with zero attached hydrogens (tertiary/aromatic N) is 2. The molecule has 0 fully saturated rings. The van der Waals surface area contributed by atoms with Gasteiger partial charge in [0.25, 0.3) is 6.47 Å². The van der Waals surface area contributed by atoms with Gasteiger partial charge in [-0.3, -0.25) is 14.8 Å². The Morgan fingerprint density at radius 3 is 2.67 bits per heavy atom. The van der Waals surface area contributed by atoms with E-state index >= 15 is 0 Å². The van der Waals surface area contributed by atoms with Crippen LogP contribution in [-0.4, -0.2) is 16.4 Å². The van der Waals surface area contributed by atoms with Crippen LogP contribution in [0, 0.1) is 0 Å². The molecule has 4 nitrogen and oxygen atoms in total. The van der Waals surface area contributed by atoms with Crippen molar-refractivity contribution in [3.63, 3.8) is 0 Å². The zero-order chi connectivity index (χ0) is 10.5. The summed E-state index contributed by atoms with van der Waals surface area (Å²) in [5.74, 6) is 0.459. The Labute approximate surface area is 86.6 Å². The predicted octanol–water partition coefficient (Wildman–Crippen LogP) is 1.68. The monoisotopic (exact) mass is 200 g/mol. The first kappa shape index (κ1) is 9.33. The van der Waals surface area contributed by atoms with Crippen LogP contribution in [0.15, 0.2) is 42.7 Å². The maximum atomic E-state index is 10.2. The van der Waals surface area contributed by atoms with Crippen LogP contribution in [-0.2, 0) is 4.79 Å². The van der Waals surface area contributed by atoms with E-state index < -0.39 is 0 Å². The molecular weight excluding hydrogens is 192 g/mol. The van der Waals surface area contributed by atoms with Crippen LogP contribution in [0.3, 0.4) is 0 Å². The minimum Gasteiger partial charge on any atom is -0.429 e. The van der Waals surface area contributed by atoms with Gasteiger partial charge in [0.1, 0.15) is 5.75 Å². The van der Waals surface area contributed by atoms with E-state index in [-0.39, 0.29) is 0 Å². The first-order valence-corrected chi connectivity index (χ1v) is 4.38. The molecule has 0 N–H and O–H groups in total. The molecule has 2 aromatic heterocycles. The summed E-state index contributed by atoms with van der Waals surface area (Å²) < 4.78 is 4.72. The van der Waals surface area contributed by atoms with Gasteiger partial charge in [-0.1, -0.05) is 6.07 Å². The molecule has 0 bridgehead atoms. The van der Waals surface area contributed by atoms with Gasteiger partial charge in [-0.05, 0) is 18.2 Å². The smallest absolute Gasteiger partial charge is 0.298 e. The highest BCUT2D eigenvalue weighted by atomic mass is 16.5. The minimum absolute atomic E-state index is 0.386. The van der Waals surface area contributed by atoms with Gasteiger partial charge >= 0.3 is 0 Å². The van der Waals surface area contributed by atoms with Gasteiger partial charge in [-0.25, -0.2) is 0 Å². The Balaban J connectivity index is 2.37. The van der Waals surface area contributed by atoms with E-state index in [2.05, 4.69) is 9.97 Å². The molecule has 0 aliphatic carbocycles. The van der Waals surface area contributed by atoms with Crippen LogP contribution in [0.4, 0.5) is 0 Å². The molecule has 0 aliphatic rings. The molecule has 0 aliphatic heterocycles.